The number of H-pyrrole nitrogens is 1. The van der Waals surface area contributed by atoms with Gasteiger partial charge in [0.25, 0.3) is 0 Å². The molecule has 0 radical (unpaired) electrons. The summed E-state index contributed by atoms with van der Waals surface area (Å²) in [6.45, 7) is 0. The topological polar surface area (TPSA) is 67.6 Å². The van der Waals surface area contributed by atoms with Crippen molar-refractivity contribution < 1.29 is 0 Å². The Morgan fingerprint density at radius 3 is 2.90 bits per heavy atom. The highest BCUT2D eigenvalue weighted by Crippen LogP contribution is 2.30. The van der Waals surface area contributed by atoms with E-state index in [4.69, 9.17) is 5.73 Å². The molecule has 4 aromatic rings. The fourth-order valence-electron chi connectivity index (χ4n) is 2.55. The quantitative estimate of drug-likeness (QED) is 0.513. The van der Waals surface area contributed by atoms with Crippen LogP contribution in [0.1, 0.15) is 0 Å². The zero-order valence-electron chi connectivity index (χ0n) is 11.0. The van der Waals surface area contributed by atoms with Crippen LogP contribution in [0.25, 0.3) is 33.3 Å². The predicted molar refractivity (Wildman–Crippen MR) is 88.9 cm³/mol. The average Bonchev–Trinajstić information content (AvgIpc) is 2.90. The van der Waals surface area contributed by atoms with E-state index in [1.807, 2.05) is 42.5 Å². The van der Waals surface area contributed by atoms with Gasteiger partial charge in [0, 0.05) is 21.6 Å². The molecule has 2 heterocycles. The number of fused-ring (bicyclic) bond motifs is 2. The molecular weight excluding hydrogens is 328 g/mol. The third-order valence-electron chi connectivity index (χ3n) is 3.48. The number of hydrogen-bond acceptors (Lipinski definition) is 3. The molecule has 2 aromatic carbocycles. The van der Waals surface area contributed by atoms with Crippen molar-refractivity contribution in [1.82, 2.24) is 15.0 Å². The van der Waals surface area contributed by atoms with Gasteiger partial charge in [-0.25, -0.2) is 4.98 Å². The first kappa shape index (κ1) is 12.3. The van der Waals surface area contributed by atoms with Crippen molar-refractivity contribution in [3.8, 4) is 11.4 Å². The highest BCUT2D eigenvalue weighted by atomic mass is 79.9. The maximum absolute atomic E-state index is 6.04. The van der Waals surface area contributed by atoms with Gasteiger partial charge in [-0.15, -0.1) is 0 Å². The molecule has 102 valence electrons. The zero-order chi connectivity index (χ0) is 14.4. The van der Waals surface area contributed by atoms with Crippen LogP contribution < -0.4 is 5.73 Å². The molecule has 0 saturated carbocycles. The monoisotopic (exact) mass is 338 g/mol. The summed E-state index contributed by atoms with van der Waals surface area (Å²) in [4.78, 5) is 12.4. The van der Waals surface area contributed by atoms with Gasteiger partial charge in [-0.3, -0.25) is 4.98 Å². The standard InChI is InChI=1S/C16H11BrN4/c17-9-7-12(18)15-14(8-9)20-16(21-15)11-3-1-5-13-10(11)4-2-6-19-13/h1-8H,18H2,(H,20,21). The van der Waals surface area contributed by atoms with E-state index in [-0.39, 0.29) is 0 Å². The minimum absolute atomic E-state index is 0.653. The normalized spacial score (nSPS) is 11.3. The van der Waals surface area contributed by atoms with E-state index in [2.05, 4.69) is 30.9 Å². The molecule has 0 amide bonds. The van der Waals surface area contributed by atoms with E-state index in [0.29, 0.717) is 5.69 Å². The summed E-state index contributed by atoms with van der Waals surface area (Å²) >= 11 is 3.45. The van der Waals surface area contributed by atoms with Gasteiger partial charge >= 0.3 is 0 Å². The molecule has 4 nitrogen and oxygen atoms in total. The highest BCUT2D eigenvalue weighted by Gasteiger charge is 2.11. The van der Waals surface area contributed by atoms with E-state index in [1.165, 1.54) is 0 Å². The molecule has 0 fully saturated rings. The molecule has 0 aliphatic carbocycles. The van der Waals surface area contributed by atoms with Gasteiger partial charge in [-0.1, -0.05) is 34.1 Å². The molecule has 21 heavy (non-hydrogen) atoms. The minimum atomic E-state index is 0.653. The SMILES string of the molecule is Nc1cc(Br)cc2[nH]c(-c3cccc4ncccc34)nc12. The van der Waals surface area contributed by atoms with Gasteiger partial charge in [0.2, 0.25) is 0 Å². The van der Waals surface area contributed by atoms with Crippen molar-refractivity contribution in [2.75, 3.05) is 5.73 Å². The van der Waals surface area contributed by atoms with Gasteiger partial charge < -0.3 is 10.7 Å². The van der Waals surface area contributed by atoms with Gasteiger partial charge in [0.15, 0.2) is 0 Å². The first-order chi connectivity index (χ1) is 10.2. The number of nitrogen functional groups attached to an aromatic ring is 1. The van der Waals surface area contributed by atoms with Crippen molar-refractivity contribution in [1.29, 1.82) is 0 Å². The second-order valence-corrected chi connectivity index (χ2v) is 5.77. The van der Waals surface area contributed by atoms with Crippen LogP contribution >= 0.6 is 15.9 Å². The lowest BCUT2D eigenvalue weighted by atomic mass is 10.1. The summed E-state index contributed by atoms with van der Waals surface area (Å²) in [5.41, 5.74) is 10.4. The molecule has 0 saturated heterocycles. The number of aromatic nitrogens is 3. The van der Waals surface area contributed by atoms with Crippen LogP contribution in [0.2, 0.25) is 0 Å². The molecule has 4 rings (SSSR count). The van der Waals surface area contributed by atoms with Crippen LogP contribution in [0.4, 0.5) is 5.69 Å². The fourth-order valence-corrected chi connectivity index (χ4v) is 3.02. The van der Waals surface area contributed by atoms with Crippen LogP contribution in [-0.4, -0.2) is 15.0 Å². The number of nitrogens with two attached hydrogens (primary N) is 1. The third-order valence-corrected chi connectivity index (χ3v) is 3.94. The van der Waals surface area contributed by atoms with Crippen molar-refractivity contribution in [2.45, 2.75) is 0 Å². The van der Waals surface area contributed by atoms with E-state index in [0.717, 1.165) is 37.8 Å². The summed E-state index contributed by atoms with van der Waals surface area (Å²) < 4.78 is 0.933. The van der Waals surface area contributed by atoms with Crippen molar-refractivity contribution in [3.05, 3.63) is 53.1 Å². The lowest BCUT2D eigenvalue weighted by molar-refractivity contribution is 1.34. The summed E-state index contributed by atoms with van der Waals surface area (Å²) in [6.07, 6.45) is 1.79. The van der Waals surface area contributed by atoms with Gasteiger partial charge in [0.05, 0.1) is 16.7 Å². The Labute approximate surface area is 129 Å². The van der Waals surface area contributed by atoms with Crippen molar-refractivity contribution in [3.63, 3.8) is 0 Å². The first-order valence-corrected chi connectivity index (χ1v) is 7.30. The Bertz CT molecular complexity index is 969. The Hall–Kier alpha value is -2.40. The van der Waals surface area contributed by atoms with E-state index < -0.39 is 0 Å². The summed E-state index contributed by atoms with van der Waals surface area (Å²) in [7, 11) is 0. The number of nitrogens with zero attached hydrogens (tertiary/aromatic N) is 2. The maximum Gasteiger partial charge on any atom is 0.139 e. The minimum Gasteiger partial charge on any atom is -0.397 e. The van der Waals surface area contributed by atoms with Crippen LogP contribution in [0.3, 0.4) is 0 Å². The largest absolute Gasteiger partial charge is 0.397 e. The predicted octanol–water partition coefficient (Wildman–Crippen LogP) is 4.12. The second kappa shape index (κ2) is 4.56. The van der Waals surface area contributed by atoms with Gasteiger partial charge in [-0.05, 0) is 24.3 Å². The van der Waals surface area contributed by atoms with Crippen LogP contribution in [-0.2, 0) is 0 Å². The molecule has 0 atom stereocenters. The lowest BCUT2D eigenvalue weighted by Crippen LogP contribution is -1.86. The number of anilines is 1. The second-order valence-electron chi connectivity index (χ2n) is 4.85. The van der Waals surface area contributed by atoms with E-state index in [9.17, 15) is 0 Å². The Kier molecular flexibility index (Phi) is 2.68. The smallest absolute Gasteiger partial charge is 0.139 e. The number of pyridine rings is 1. The first-order valence-electron chi connectivity index (χ1n) is 6.51. The number of halogens is 1. The van der Waals surface area contributed by atoms with Crippen LogP contribution in [0.15, 0.2) is 53.1 Å². The number of hydrogen-bond donors (Lipinski definition) is 2. The number of imidazole rings is 1. The van der Waals surface area contributed by atoms with Crippen molar-refractivity contribution >= 4 is 43.6 Å². The Balaban J connectivity index is 2.03. The fraction of sp³-hybridized carbons (Fsp3) is 0. The molecule has 5 heteroatoms. The van der Waals surface area contributed by atoms with Crippen LogP contribution in [0.5, 0.6) is 0 Å². The number of nitrogens with one attached hydrogen (secondary N) is 1. The molecule has 2 aromatic heterocycles. The summed E-state index contributed by atoms with van der Waals surface area (Å²) in [6, 6.07) is 13.8. The molecule has 0 unspecified atom stereocenters. The molecular formula is C16H11BrN4. The van der Waals surface area contributed by atoms with Crippen LogP contribution in [0, 0.1) is 0 Å². The number of rotatable bonds is 1. The van der Waals surface area contributed by atoms with Crippen molar-refractivity contribution in [2.24, 2.45) is 0 Å². The molecule has 0 aliphatic heterocycles. The number of benzene rings is 2. The molecule has 0 spiro atoms. The van der Waals surface area contributed by atoms with E-state index >= 15 is 0 Å². The maximum atomic E-state index is 6.04. The summed E-state index contributed by atoms with van der Waals surface area (Å²) in [5, 5.41) is 1.07. The Morgan fingerprint density at radius 2 is 2.00 bits per heavy atom. The Morgan fingerprint density at radius 1 is 1.10 bits per heavy atom. The lowest BCUT2D eigenvalue weighted by Gasteiger charge is -2.02. The highest BCUT2D eigenvalue weighted by molar-refractivity contribution is 9.10. The third kappa shape index (κ3) is 1.97. The summed E-state index contributed by atoms with van der Waals surface area (Å²) in [5.74, 6) is 0.799. The zero-order valence-corrected chi connectivity index (χ0v) is 12.6. The molecule has 3 N–H and O–H groups in total. The molecule has 0 aliphatic rings. The van der Waals surface area contributed by atoms with E-state index in [1.54, 1.807) is 6.20 Å². The average molecular weight is 339 g/mol. The van der Waals surface area contributed by atoms with Gasteiger partial charge in [-0.2, -0.15) is 0 Å². The molecule has 0 bridgehead atoms. The number of aromatic amines is 1. The van der Waals surface area contributed by atoms with Gasteiger partial charge in [0.1, 0.15) is 11.3 Å².